The van der Waals surface area contributed by atoms with Crippen LogP contribution in [-0.4, -0.2) is 31.6 Å². The highest BCUT2D eigenvalue weighted by molar-refractivity contribution is 7.92. The summed E-state index contributed by atoms with van der Waals surface area (Å²) >= 11 is 0. The zero-order chi connectivity index (χ0) is 24.7. The van der Waals surface area contributed by atoms with Gasteiger partial charge in [0.1, 0.15) is 10.6 Å². The first kappa shape index (κ1) is 23.5. The molecule has 2 amide bonds. The number of hydrogen-bond acceptors (Lipinski definition) is 6. The number of fused-ring (bicyclic) bond motifs is 1. The number of imide groups is 1. The fraction of sp³-hybridized carbons (Fsp3) is 0.227. The Balaban J connectivity index is 1.64. The number of carbonyl (C=O) groups is 2. The van der Waals surface area contributed by atoms with E-state index in [0.717, 1.165) is 12.1 Å². The summed E-state index contributed by atoms with van der Waals surface area (Å²) in [5.74, 6) is -2.11. The molecule has 1 aliphatic heterocycles. The van der Waals surface area contributed by atoms with Gasteiger partial charge in [-0.2, -0.15) is 0 Å². The van der Waals surface area contributed by atoms with Gasteiger partial charge in [0.05, 0.1) is 17.1 Å². The van der Waals surface area contributed by atoms with Crippen molar-refractivity contribution in [1.29, 1.82) is 0 Å². The van der Waals surface area contributed by atoms with Crippen LogP contribution < -0.4 is 14.8 Å². The van der Waals surface area contributed by atoms with Crippen LogP contribution in [0.5, 0.6) is 5.75 Å². The van der Waals surface area contributed by atoms with Crippen LogP contribution in [0.3, 0.4) is 0 Å². The quantitative estimate of drug-likeness (QED) is 0.523. The van der Waals surface area contributed by atoms with E-state index < -0.39 is 38.9 Å². The van der Waals surface area contributed by atoms with Crippen LogP contribution in [-0.2, 0) is 19.6 Å². The predicted molar refractivity (Wildman–Crippen MR) is 116 cm³/mol. The monoisotopic (exact) mass is 493 g/mol. The van der Waals surface area contributed by atoms with E-state index in [2.05, 4.69) is 19.8 Å². The van der Waals surface area contributed by atoms with Gasteiger partial charge in [0.25, 0.3) is 10.0 Å². The lowest BCUT2D eigenvalue weighted by Gasteiger charge is -2.22. The molecule has 4 rings (SSSR count). The Bertz CT molecular complexity index is 1410. The molecule has 1 saturated heterocycles. The summed E-state index contributed by atoms with van der Waals surface area (Å²) in [7, 11) is -4.42. The lowest BCUT2D eigenvalue weighted by atomic mass is 9.89. The van der Waals surface area contributed by atoms with Crippen molar-refractivity contribution in [3.63, 3.8) is 0 Å². The molecule has 34 heavy (non-hydrogen) atoms. The summed E-state index contributed by atoms with van der Waals surface area (Å²) in [6, 6.07) is 10.6. The van der Waals surface area contributed by atoms with Gasteiger partial charge in [-0.25, -0.2) is 8.42 Å². The number of rotatable bonds is 5. The van der Waals surface area contributed by atoms with Crippen molar-refractivity contribution in [2.24, 2.45) is 0 Å². The zero-order valence-corrected chi connectivity index (χ0v) is 18.5. The molecular weight excluding hydrogens is 475 g/mol. The Kier molecular flexibility index (Phi) is 5.94. The lowest BCUT2D eigenvalue weighted by molar-refractivity contribution is -0.275. The molecule has 1 atom stereocenters. The van der Waals surface area contributed by atoms with Gasteiger partial charge in [-0.15, -0.1) is 13.2 Å². The van der Waals surface area contributed by atoms with Crippen molar-refractivity contribution in [3.8, 4) is 5.75 Å². The Morgan fingerprint density at radius 3 is 2.56 bits per heavy atom. The molecule has 2 aromatic carbocycles. The van der Waals surface area contributed by atoms with Crippen molar-refractivity contribution in [2.75, 3.05) is 4.72 Å². The number of hydrogen-bond donors (Lipinski definition) is 2. The molecule has 1 unspecified atom stereocenters. The van der Waals surface area contributed by atoms with Crippen molar-refractivity contribution < 1.29 is 35.9 Å². The number of para-hydroxylation sites is 1. The number of carbonyl (C=O) groups excluding carboxylic acids is 2. The normalized spacial score (nSPS) is 16.9. The van der Waals surface area contributed by atoms with E-state index in [9.17, 15) is 31.2 Å². The number of piperidine rings is 1. The molecular formula is C22H18F3N3O5S. The number of sulfonamides is 1. The summed E-state index contributed by atoms with van der Waals surface area (Å²) in [6.45, 7) is 1.69. The van der Waals surface area contributed by atoms with E-state index in [1.807, 2.05) is 0 Å². The number of halogens is 3. The Labute approximate surface area is 192 Å². The van der Waals surface area contributed by atoms with E-state index in [1.54, 1.807) is 19.1 Å². The second kappa shape index (κ2) is 8.60. The summed E-state index contributed by atoms with van der Waals surface area (Å²) in [6.07, 6.45) is -4.49. The minimum atomic E-state index is -5.06. The lowest BCUT2D eigenvalue weighted by Crippen LogP contribution is -2.39. The zero-order valence-electron chi connectivity index (χ0n) is 17.6. The van der Waals surface area contributed by atoms with Crippen molar-refractivity contribution >= 4 is 38.4 Å². The fourth-order valence-corrected chi connectivity index (χ4v) is 4.96. The van der Waals surface area contributed by atoms with Crippen LogP contribution in [0.25, 0.3) is 10.9 Å². The third-order valence-corrected chi connectivity index (χ3v) is 6.70. The van der Waals surface area contributed by atoms with E-state index in [4.69, 9.17) is 0 Å². The maximum atomic E-state index is 12.8. The minimum absolute atomic E-state index is 0.0787. The van der Waals surface area contributed by atoms with Gasteiger partial charge in [-0.1, -0.05) is 18.2 Å². The van der Waals surface area contributed by atoms with Crippen molar-refractivity contribution in [3.05, 3.63) is 59.8 Å². The largest absolute Gasteiger partial charge is 0.573 e. The van der Waals surface area contributed by atoms with Crippen LogP contribution in [0.15, 0.2) is 53.4 Å². The number of benzene rings is 2. The van der Waals surface area contributed by atoms with Gasteiger partial charge >= 0.3 is 6.36 Å². The molecule has 178 valence electrons. The van der Waals surface area contributed by atoms with E-state index in [-0.39, 0.29) is 18.0 Å². The molecule has 3 aromatic rings. The number of pyridine rings is 1. The van der Waals surface area contributed by atoms with Gasteiger partial charge < -0.3 is 4.74 Å². The number of ether oxygens (including phenoxy) is 1. The van der Waals surface area contributed by atoms with Crippen LogP contribution >= 0.6 is 0 Å². The highest BCUT2D eigenvalue weighted by Gasteiger charge is 2.34. The molecule has 12 heteroatoms. The average molecular weight is 493 g/mol. The maximum Gasteiger partial charge on any atom is 0.573 e. The highest BCUT2D eigenvalue weighted by Crippen LogP contribution is 2.32. The van der Waals surface area contributed by atoms with Crippen molar-refractivity contribution in [2.45, 2.75) is 36.9 Å². The molecule has 8 nitrogen and oxygen atoms in total. The number of nitrogens with one attached hydrogen (secondary N) is 2. The summed E-state index contributed by atoms with van der Waals surface area (Å²) in [5, 5.41) is 2.93. The average Bonchev–Trinajstić information content (AvgIpc) is 2.72. The molecule has 0 spiro atoms. The number of anilines is 1. The third-order valence-electron chi connectivity index (χ3n) is 5.28. The first-order valence-corrected chi connectivity index (χ1v) is 11.5. The van der Waals surface area contributed by atoms with E-state index >= 15 is 0 Å². The Hall–Kier alpha value is -3.67. The molecule has 0 saturated carbocycles. The fourth-order valence-electron chi connectivity index (χ4n) is 3.78. The molecule has 1 fully saturated rings. The molecule has 1 aliphatic rings. The Morgan fingerprint density at radius 1 is 1.12 bits per heavy atom. The highest BCUT2D eigenvalue weighted by atomic mass is 32.2. The first-order chi connectivity index (χ1) is 15.9. The third kappa shape index (κ3) is 4.96. The van der Waals surface area contributed by atoms with Crippen molar-refractivity contribution in [1.82, 2.24) is 10.3 Å². The molecule has 1 aromatic heterocycles. The summed E-state index contributed by atoms with van der Waals surface area (Å²) in [5.41, 5.74) is 1.68. The van der Waals surface area contributed by atoms with E-state index in [1.165, 1.54) is 24.3 Å². The number of nitrogens with zero attached hydrogens (tertiary/aromatic N) is 1. The summed E-state index contributed by atoms with van der Waals surface area (Å²) < 4.78 is 69.7. The van der Waals surface area contributed by atoms with Crippen LogP contribution in [0.4, 0.5) is 18.9 Å². The number of aromatic nitrogens is 1. The second-order valence-corrected chi connectivity index (χ2v) is 9.33. The van der Waals surface area contributed by atoms with Gasteiger partial charge in [-0.05, 0) is 49.2 Å². The molecule has 0 bridgehead atoms. The van der Waals surface area contributed by atoms with Gasteiger partial charge in [0.2, 0.25) is 11.8 Å². The summed E-state index contributed by atoms with van der Waals surface area (Å²) in [4.78, 5) is 27.4. The van der Waals surface area contributed by atoms with Gasteiger partial charge in [0, 0.05) is 17.5 Å². The first-order valence-electron chi connectivity index (χ1n) is 10.1. The van der Waals surface area contributed by atoms with Crippen LogP contribution in [0.2, 0.25) is 0 Å². The maximum absolute atomic E-state index is 12.8. The van der Waals surface area contributed by atoms with Crippen LogP contribution in [0.1, 0.15) is 30.0 Å². The van der Waals surface area contributed by atoms with Gasteiger partial charge in [0.15, 0.2) is 0 Å². The molecule has 2 N–H and O–H groups in total. The molecule has 2 heterocycles. The van der Waals surface area contributed by atoms with Crippen LogP contribution in [0, 0.1) is 6.92 Å². The smallest absolute Gasteiger partial charge is 0.404 e. The second-order valence-electron chi connectivity index (χ2n) is 7.67. The molecule has 0 radical (unpaired) electrons. The topological polar surface area (TPSA) is 114 Å². The number of aryl methyl sites for hydroxylation is 1. The minimum Gasteiger partial charge on any atom is -0.404 e. The molecule has 0 aliphatic carbocycles. The number of alkyl halides is 3. The van der Waals surface area contributed by atoms with E-state index in [0.29, 0.717) is 28.6 Å². The Morgan fingerprint density at radius 2 is 1.85 bits per heavy atom. The number of amides is 2. The standard InChI is InChI=1S/C22H18F3N3O5S/c1-12-16(15-8-9-20(29)27-21(15)30)10-13-6-7-14(11-17(13)26-12)28-34(31,32)19-5-3-2-4-18(19)33-22(23,24)25/h2-7,10-11,15,28H,8-9H2,1H3,(H,27,29,30). The predicted octanol–water partition coefficient (Wildman–Crippen LogP) is 3.76. The SMILES string of the molecule is Cc1nc2cc(NS(=O)(=O)c3ccccc3OC(F)(F)F)ccc2cc1C1CCC(=O)NC1=O. The van der Waals surface area contributed by atoms with Gasteiger partial charge in [-0.3, -0.25) is 24.6 Å².